The van der Waals surface area contributed by atoms with Crippen molar-refractivity contribution in [2.24, 2.45) is 0 Å². The van der Waals surface area contributed by atoms with Gasteiger partial charge in [0, 0.05) is 38.5 Å². The standard InChI is InChI=1S/C19H24N2O2S/c1-20-12-13-21(15-19(20)17-6-4-3-5-7-17)14-16-8-10-18(11-9-16)24(2,22)23/h3-11,19H,12-15H2,1-2H3/t19-/m0/s1. The SMILES string of the molecule is CN1CCN(Cc2ccc(S(C)(=O)=O)cc2)C[C@H]1c1ccccc1. The van der Waals surface area contributed by atoms with Crippen LogP contribution in [0.2, 0.25) is 0 Å². The molecule has 1 atom stereocenters. The summed E-state index contributed by atoms with van der Waals surface area (Å²) in [6.07, 6.45) is 1.24. The van der Waals surface area contributed by atoms with Crippen molar-refractivity contribution in [3.63, 3.8) is 0 Å². The van der Waals surface area contributed by atoms with Crippen molar-refractivity contribution in [3.8, 4) is 0 Å². The fourth-order valence-corrected chi connectivity index (χ4v) is 3.84. The minimum atomic E-state index is -3.13. The number of likely N-dealkylation sites (N-methyl/N-ethyl adjacent to an activating group) is 1. The van der Waals surface area contributed by atoms with Crippen LogP contribution in [0.25, 0.3) is 0 Å². The second kappa shape index (κ2) is 7.05. The minimum Gasteiger partial charge on any atom is -0.297 e. The van der Waals surface area contributed by atoms with Gasteiger partial charge in [-0.25, -0.2) is 8.42 Å². The zero-order chi connectivity index (χ0) is 17.2. The van der Waals surface area contributed by atoms with E-state index in [2.05, 4.69) is 41.1 Å². The Morgan fingerprint density at radius 1 is 1.00 bits per heavy atom. The zero-order valence-electron chi connectivity index (χ0n) is 14.2. The van der Waals surface area contributed by atoms with Gasteiger partial charge in [-0.05, 0) is 30.3 Å². The van der Waals surface area contributed by atoms with E-state index in [9.17, 15) is 8.42 Å². The number of nitrogens with zero attached hydrogens (tertiary/aromatic N) is 2. The Labute approximate surface area is 144 Å². The molecule has 0 aliphatic carbocycles. The molecule has 1 aliphatic heterocycles. The molecule has 4 nitrogen and oxygen atoms in total. The van der Waals surface area contributed by atoms with Crippen LogP contribution in [0.5, 0.6) is 0 Å². The summed E-state index contributed by atoms with van der Waals surface area (Å²) in [7, 11) is -0.949. The molecule has 1 fully saturated rings. The van der Waals surface area contributed by atoms with Gasteiger partial charge in [-0.1, -0.05) is 42.5 Å². The van der Waals surface area contributed by atoms with Crippen molar-refractivity contribution in [1.29, 1.82) is 0 Å². The highest BCUT2D eigenvalue weighted by molar-refractivity contribution is 7.90. The average molecular weight is 344 g/mol. The Morgan fingerprint density at radius 2 is 1.67 bits per heavy atom. The van der Waals surface area contributed by atoms with Crippen LogP contribution in [0.4, 0.5) is 0 Å². The second-order valence-electron chi connectivity index (χ2n) is 6.56. The molecule has 0 saturated carbocycles. The maximum atomic E-state index is 11.6. The van der Waals surface area contributed by atoms with E-state index in [-0.39, 0.29) is 0 Å². The Balaban J connectivity index is 1.69. The number of benzene rings is 2. The number of piperazine rings is 1. The molecule has 0 unspecified atom stereocenters. The number of sulfone groups is 1. The fourth-order valence-electron chi connectivity index (χ4n) is 3.21. The van der Waals surface area contributed by atoms with E-state index in [0.717, 1.165) is 31.7 Å². The predicted octanol–water partition coefficient (Wildman–Crippen LogP) is 2.58. The van der Waals surface area contributed by atoms with Gasteiger partial charge in [-0.2, -0.15) is 0 Å². The number of hydrogen-bond acceptors (Lipinski definition) is 4. The van der Waals surface area contributed by atoms with Gasteiger partial charge in [-0.15, -0.1) is 0 Å². The number of rotatable bonds is 4. The third-order valence-electron chi connectivity index (χ3n) is 4.67. The molecule has 0 bridgehead atoms. The maximum absolute atomic E-state index is 11.6. The van der Waals surface area contributed by atoms with E-state index >= 15 is 0 Å². The minimum absolute atomic E-state index is 0.381. The molecule has 0 radical (unpaired) electrons. The van der Waals surface area contributed by atoms with Gasteiger partial charge < -0.3 is 0 Å². The Kier molecular flexibility index (Phi) is 5.04. The Hall–Kier alpha value is -1.69. The van der Waals surface area contributed by atoms with E-state index in [1.807, 2.05) is 18.2 Å². The normalized spacial score (nSPS) is 20.2. The molecule has 1 saturated heterocycles. The molecule has 128 valence electrons. The highest BCUT2D eigenvalue weighted by atomic mass is 32.2. The lowest BCUT2D eigenvalue weighted by molar-refractivity contribution is 0.0905. The second-order valence-corrected chi connectivity index (χ2v) is 8.57. The number of hydrogen-bond donors (Lipinski definition) is 0. The summed E-state index contributed by atoms with van der Waals surface area (Å²) in [6.45, 7) is 3.88. The van der Waals surface area contributed by atoms with Gasteiger partial charge in [0.25, 0.3) is 0 Å². The molecule has 0 spiro atoms. The Morgan fingerprint density at radius 3 is 2.29 bits per heavy atom. The van der Waals surface area contributed by atoms with Gasteiger partial charge in [-0.3, -0.25) is 9.80 Å². The summed E-state index contributed by atoms with van der Waals surface area (Å²) in [5.74, 6) is 0. The van der Waals surface area contributed by atoms with E-state index in [4.69, 9.17) is 0 Å². The topological polar surface area (TPSA) is 40.6 Å². The smallest absolute Gasteiger partial charge is 0.175 e. The fraction of sp³-hybridized carbons (Fsp3) is 0.368. The molecule has 3 rings (SSSR count). The zero-order valence-corrected chi connectivity index (χ0v) is 15.0. The quantitative estimate of drug-likeness (QED) is 0.855. The molecule has 0 aromatic heterocycles. The lowest BCUT2D eigenvalue weighted by Gasteiger charge is -2.39. The van der Waals surface area contributed by atoms with Gasteiger partial charge in [0.1, 0.15) is 0 Å². The van der Waals surface area contributed by atoms with Crippen molar-refractivity contribution in [2.75, 3.05) is 32.9 Å². The molecule has 1 aliphatic rings. The lowest BCUT2D eigenvalue weighted by Crippen LogP contribution is -2.46. The highest BCUT2D eigenvalue weighted by Gasteiger charge is 2.25. The first-order valence-electron chi connectivity index (χ1n) is 8.20. The van der Waals surface area contributed by atoms with E-state index in [1.165, 1.54) is 11.8 Å². The molecule has 1 heterocycles. The summed E-state index contributed by atoms with van der Waals surface area (Å²) in [4.78, 5) is 5.22. The molecular formula is C19H24N2O2S. The lowest BCUT2D eigenvalue weighted by atomic mass is 10.0. The van der Waals surface area contributed by atoms with Crippen LogP contribution in [0.1, 0.15) is 17.2 Å². The van der Waals surface area contributed by atoms with E-state index in [1.54, 1.807) is 12.1 Å². The van der Waals surface area contributed by atoms with Crippen molar-refractivity contribution in [2.45, 2.75) is 17.5 Å². The predicted molar refractivity (Wildman–Crippen MR) is 96.6 cm³/mol. The van der Waals surface area contributed by atoms with Gasteiger partial charge in [0.05, 0.1) is 4.90 Å². The average Bonchev–Trinajstić information content (AvgIpc) is 2.57. The van der Waals surface area contributed by atoms with Crippen LogP contribution >= 0.6 is 0 Å². The van der Waals surface area contributed by atoms with Gasteiger partial charge >= 0.3 is 0 Å². The molecule has 5 heteroatoms. The highest BCUT2D eigenvalue weighted by Crippen LogP contribution is 2.25. The van der Waals surface area contributed by atoms with Crippen molar-refractivity contribution in [3.05, 3.63) is 65.7 Å². The largest absolute Gasteiger partial charge is 0.297 e. The van der Waals surface area contributed by atoms with Crippen LogP contribution in [-0.2, 0) is 16.4 Å². The van der Waals surface area contributed by atoms with Crippen LogP contribution in [0.3, 0.4) is 0 Å². The summed E-state index contributed by atoms with van der Waals surface area (Å²) in [5, 5.41) is 0. The van der Waals surface area contributed by atoms with Crippen molar-refractivity contribution >= 4 is 9.84 Å². The molecule has 2 aromatic rings. The van der Waals surface area contributed by atoms with E-state index < -0.39 is 9.84 Å². The summed E-state index contributed by atoms with van der Waals surface area (Å²) < 4.78 is 23.1. The van der Waals surface area contributed by atoms with Crippen LogP contribution in [-0.4, -0.2) is 51.2 Å². The molecular weight excluding hydrogens is 320 g/mol. The first-order chi connectivity index (χ1) is 11.4. The van der Waals surface area contributed by atoms with Crippen LogP contribution in [0.15, 0.2) is 59.5 Å². The van der Waals surface area contributed by atoms with Gasteiger partial charge in [0.15, 0.2) is 9.84 Å². The third kappa shape index (κ3) is 4.04. The molecule has 0 amide bonds. The van der Waals surface area contributed by atoms with Crippen LogP contribution < -0.4 is 0 Å². The third-order valence-corrected chi connectivity index (χ3v) is 5.80. The maximum Gasteiger partial charge on any atom is 0.175 e. The summed E-state index contributed by atoms with van der Waals surface area (Å²) in [5.41, 5.74) is 2.50. The summed E-state index contributed by atoms with van der Waals surface area (Å²) >= 11 is 0. The van der Waals surface area contributed by atoms with Crippen LogP contribution in [0, 0.1) is 0 Å². The first-order valence-corrected chi connectivity index (χ1v) is 10.1. The molecule has 24 heavy (non-hydrogen) atoms. The summed E-state index contributed by atoms with van der Waals surface area (Å²) in [6, 6.07) is 18.3. The van der Waals surface area contributed by atoms with Gasteiger partial charge in [0.2, 0.25) is 0 Å². The van der Waals surface area contributed by atoms with E-state index in [0.29, 0.717) is 10.9 Å². The molecule has 0 N–H and O–H groups in total. The Bertz CT molecular complexity index is 773. The monoisotopic (exact) mass is 344 g/mol. The molecule has 2 aromatic carbocycles. The van der Waals surface area contributed by atoms with Crippen molar-refractivity contribution in [1.82, 2.24) is 9.80 Å². The first kappa shape index (κ1) is 17.1. The van der Waals surface area contributed by atoms with Crippen molar-refractivity contribution < 1.29 is 8.42 Å².